The van der Waals surface area contributed by atoms with Gasteiger partial charge in [0, 0.05) is 11.1 Å². The third-order valence-corrected chi connectivity index (χ3v) is 2.89. The van der Waals surface area contributed by atoms with Gasteiger partial charge in [-0.25, -0.2) is 0 Å². The van der Waals surface area contributed by atoms with Gasteiger partial charge in [-0.1, -0.05) is 43.6 Å². The molecule has 0 radical (unpaired) electrons. The average molecular weight is 226 g/mol. The summed E-state index contributed by atoms with van der Waals surface area (Å²) in [6.07, 6.45) is 3.08. The van der Waals surface area contributed by atoms with Crippen LogP contribution < -0.4 is 5.73 Å². The zero-order valence-corrected chi connectivity index (χ0v) is 10.3. The third kappa shape index (κ3) is 4.67. The molecule has 1 atom stereocenters. The molecule has 0 spiro atoms. The van der Waals surface area contributed by atoms with Crippen molar-refractivity contribution in [3.05, 3.63) is 34.9 Å². The van der Waals surface area contributed by atoms with Crippen LogP contribution in [0.3, 0.4) is 0 Å². The smallest absolute Gasteiger partial charge is 0.0437 e. The molecule has 0 aromatic heterocycles. The van der Waals surface area contributed by atoms with Crippen molar-refractivity contribution < 1.29 is 0 Å². The molecule has 1 nitrogen and oxygen atoms in total. The molecule has 0 amide bonds. The van der Waals surface area contributed by atoms with Crippen molar-refractivity contribution in [2.75, 3.05) is 0 Å². The van der Waals surface area contributed by atoms with E-state index in [-0.39, 0.29) is 0 Å². The molecule has 1 aromatic rings. The van der Waals surface area contributed by atoms with Gasteiger partial charge in [-0.2, -0.15) is 0 Å². The summed E-state index contributed by atoms with van der Waals surface area (Å²) in [5.74, 6) is 0.672. The van der Waals surface area contributed by atoms with Gasteiger partial charge < -0.3 is 5.73 Å². The Morgan fingerprint density at radius 2 is 1.93 bits per heavy atom. The fourth-order valence-corrected chi connectivity index (χ4v) is 2.00. The Balaban J connectivity index is 2.40. The van der Waals surface area contributed by atoms with E-state index in [1.165, 1.54) is 5.56 Å². The Kier molecular flexibility index (Phi) is 5.13. The lowest BCUT2D eigenvalue weighted by molar-refractivity contribution is 0.473. The van der Waals surface area contributed by atoms with Gasteiger partial charge in [0.05, 0.1) is 0 Å². The van der Waals surface area contributed by atoms with Gasteiger partial charge in [-0.15, -0.1) is 0 Å². The SMILES string of the molecule is CC(C)CC(N)CCc1ccccc1Cl. The maximum Gasteiger partial charge on any atom is 0.0437 e. The quantitative estimate of drug-likeness (QED) is 0.814. The van der Waals surface area contributed by atoms with Crippen molar-refractivity contribution in [2.45, 2.75) is 39.2 Å². The molecule has 0 aliphatic carbocycles. The molecule has 84 valence electrons. The van der Waals surface area contributed by atoms with Crippen LogP contribution in [0.1, 0.15) is 32.3 Å². The highest BCUT2D eigenvalue weighted by Gasteiger charge is 2.06. The first kappa shape index (κ1) is 12.5. The average Bonchev–Trinajstić information content (AvgIpc) is 2.15. The maximum atomic E-state index is 6.07. The molecular formula is C13H20ClN. The van der Waals surface area contributed by atoms with E-state index in [4.69, 9.17) is 17.3 Å². The summed E-state index contributed by atoms with van der Waals surface area (Å²) >= 11 is 6.07. The molecule has 0 aliphatic rings. The summed E-state index contributed by atoms with van der Waals surface area (Å²) in [6, 6.07) is 8.28. The van der Waals surface area contributed by atoms with E-state index in [1.807, 2.05) is 18.2 Å². The minimum Gasteiger partial charge on any atom is -0.328 e. The zero-order valence-electron chi connectivity index (χ0n) is 9.54. The van der Waals surface area contributed by atoms with Crippen LogP contribution in [0.5, 0.6) is 0 Å². The second-order valence-electron chi connectivity index (χ2n) is 4.52. The second-order valence-corrected chi connectivity index (χ2v) is 4.93. The number of nitrogens with two attached hydrogens (primary N) is 1. The molecule has 0 heterocycles. The molecule has 2 heteroatoms. The Bertz CT molecular complexity index is 296. The van der Waals surface area contributed by atoms with E-state index in [1.54, 1.807) is 0 Å². The highest BCUT2D eigenvalue weighted by molar-refractivity contribution is 6.31. The summed E-state index contributed by atoms with van der Waals surface area (Å²) in [6.45, 7) is 4.41. The molecule has 1 unspecified atom stereocenters. The Morgan fingerprint density at radius 1 is 1.27 bits per heavy atom. The van der Waals surface area contributed by atoms with Gasteiger partial charge in [0.25, 0.3) is 0 Å². The maximum absolute atomic E-state index is 6.07. The molecule has 1 aromatic carbocycles. The van der Waals surface area contributed by atoms with Crippen LogP contribution in [0.15, 0.2) is 24.3 Å². The Morgan fingerprint density at radius 3 is 2.53 bits per heavy atom. The lowest BCUT2D eigenvalue weighted by atomic mass is 9.98. The van der Waals surface area contributed by atoms with Crippen molar-refractivity contribution in [2.24, 2.45) is 11.7 Å². The van der Waals surface area contributed by atoms with Gasteiger partial charge in [0.2, 0.25) is 0 Å². The molecule has 0 aliphatic heterocycles. The first-order chi connectivity index (χ1) is 7.09. The number of hydrogen-bond donors (Lipinski definition) is 1. The molecule has 0 saturated heterocycles. The topological polar surface area (TPSA) is 26.0 Å². The Labute approximate surface area is 97.6 Å². The van der Waals surface area contributed by atoms with E-state index in [2.05, 4.69) is 19.9 Å². The van der Waals surface area contributed by atoms with Crippen LogP contribution in [0.2, 0.25) is 5.02 Å². The molecular weight excluding hydrogens is 206 g/mol. The lowest BCUT2D eigenvalue weighted by Gasteiger charge is -2.14. The summed E-state index contributed by atoms with van der Waals surface area (Å²) in [5, 5.41) is 0.856. The molecule has 0 fully saturated rings. The third-order valence-electron chi connectivity index (χ3n) is 2.52. The van der Waals surface area contributed by atoms with Crippen molar-refractivity contribution in [1.82, 2.24) is 0 Å². The minimum absolute atomic E-state index is 0.293. The predicted molar refractivity (Wildman–Crippen MR) is 67.2 cm³/mol. The van der Waals surface area contributed by atoms with Crippen LogP contribution in [0.25, 0.3) is 0 Å². The summed E-state index contributed by atoms with van der Waals surface area (Å²) in [7, 11) is 0. The van der Waals surface area contributed by atoms with Crippen LogP contribution in [0.4, 0.5) is 0 Å². The van der Waals surface area contributed by atoms with Gasteiger partial charge in [0.1, 0.15) is 0 Å². The van der Waals surface area contributed by atoms with Crippen molar-refractivity contribution in [3.8, 4) is 0 Å². The number of aryl methyl sites for hydroxylation is 1. The summed E-state index contributed by atoms with van der Waals surface area (Å²) < 4.78 is 0. The number of hydrogen-bond acceptors (Lipinski definition) is 1. The summed E-state index contributed by atoms with van der Waals surface area (Å²) in [5.41, 5.74) is 7.24. The van der Waals surface area contributed by atoms with E-state index < -0.39 is 0 Å². The van der Waals surface area contributed by atoms with Crippen molar-refractivity contribution >= 4 is 11.6 Å². The molecule has 15 heavy (non-hydrogen) atoms. The highest BCUT2D eigenvalue weighted by Crippen LogP contribution is 2.18. The molecule has 0 saturated carbocycles. The van der Waals surface area contributed by atoms with Crippen LogP contribution >= 0.6 is 11.6 Å². The fourth-order valence-electron chi connectivity index (χ4n) is 1.77. The van der Waals surface area contributed by atoms with E-state index in [0.29, 0.717) is 12.0 Å². The number of benzene rings is 1. The first-order valence-corrected chi connectivity index (χ1v) is 5.96. The second kappa shape index (κ2) is 6.14. The van der Waals surface area contributed by atoms with Gasteiger partial charge >= 0.3 is 0 Å². The molecule has 1 rings (SSSR count). The Hall–Kier alpha value is -0.530. The van der Waals surface area contributed by atoms with E-state index in [0.717, 1.165) is 24.3 Å². The van der Waals surface area contributed by atoms with Crippen LogP contribution in [0, 0.1) is 5.92 Å². The number of rotatable bonds is 5. The van der Waals surface area contributed by atoms with Crippen LogP contribution in [-0.4, -0.2) is 6.04 Å². The highest BCUT2D eigenvalue weighted by atomic mass is 35.5. The summed E-state index contributed by atoms with van der Waals surface area (Å²) in [4.78, 5) is 0. The largest absolute Gasteiger partial charge is 0.328 e. The van der Waals surface area contributed by atoms with Crippen molar-refractivity contribution in [3.63, 3.8) is 0 Å². The van der Waals surface area contributed by atoms with Gasteiger partial charge in [0.15, 0.2) is 0 Å². The normalized spacial score (nSPS) is 13.1. The zero-order chi connectivity index (χ0) is 11.3. The van der Waals surface area contributed by atoms with E-state index >= 15 is 0 Å². The minimum atomic E-state index is 0.293. The first-order valence-electron chi connectivity index (χ1n) is 5.58. The lowest BCUT2D eigenvalue weighted by Crippen LogP contribution is -2.22. The fraction of sp³-hybridized carbons (Fsp3) is 0.538. The monoisotopic (exact) mass is 225 g/mol. The molecule has 0 bridgehead atoms. The molecule has 2 N–H and O–H groups in total. The number of halogens is 1. The van der Waals surface area contributed by atoms with Gasteiger partial charge in [-0.05, 0) is 36.8 Å². The van der Waals surface area contributed by atoms with Crippen LogP contribution in [-0.2, 0) is 6.42 Å². The van der Waals surface area contributed by atoms with Crippen molar-refractivity contribution in [1.29, 1.82) is 0 Å². The standard InChI is InChI=1S/C13H20ClN/c1-10(2)9-12(15)8-7-11-5-3-4-6-13(11)14/h3-6,10,12H,7-9,15H2,1-2H3. The van der Waals surface area contributed by atoms with Gasteiger partial charge in [-0.3, -0.25) is 0 Å². The van der Waals surface area contributed by atoms with E-state index in [9.17, 15) is 0 Å². The predicted octanol–water partition coefficient (Wildman–Crippen LogP) is 3.65.